The number of ketones is 1. The second-order valence-electron chi connectivity index (χ2n) is 3.70. The molecular formula is C13H8BrCl2NO. The Kier molecular flexibility index (Phi) is 4.38. The minimum atomic E-state index is -0.0771. The highest BCUT2D eigenvalue weighted by Crippen LogP contribution is 2.22. The third kappa shape index (κ3) is 3.31. The lowest BCUT2D eigenvalue weighted by Crippen LogP contribution is -2.06. The second kappa shape index (κ2) is 5.83. The molecule has 92 valence electrons. The highest BCUT2D eigenvalue weighted by Gasteiger charge is 2.11. The van der Waals surface area contributed by atoms with Crippen molar-refractivity contribution in [2.75, 3.05) is 0 Å². The highest BCUT2D eigenvalue weighted by molar-refractivity contribution is 9.10. The summed E-state index contributed by atoms with van der Waals surface area (Å²) in [6.45, 7) is 0. The van der Waals surface area contributed by atoms with E-state index in [9.17, 15) is 4.79 Å². The van der Waals surface area contributed by atoms with Gasteiger partial charge in [-0.15, -0.1) is 0 Å². The van der Waals surface area contributed by atoms with E-state index in [1.54, 1.807) is 36.5 Å². The topological polar surface area (TPSA) is 30.0 Å². The third-order valence-corrected chi connectivity index (χ3v) is 3.44. The third-order valence-electron chi connectivity index (χ3n) is 2.38. The largest absolute Gasteiger partial charge is 0.292 e. The molecular weight excluding hydrogens is 337 g/mol. The summed E-state index contributed by atoms with van der Waals surface area (Å²) in [5, 5.41) is 1.05. The van der Waals surface area contributed by atoms with E-state index in [4.69, 9.17) is 23.2 Å². The number of rotatable bonds is 3. The molecule has 2 rings (SSSR count). The molecule has 0 amide bonds. The lowest BCUT2D eigenvalue weighted by atomic mass is 10.1. The van der Waals surface area contributed by atoms with Gasteiger partial charge in [-0.05, 0) is 45.8 Å². The second-order valence-corrected chi connectivity index (χ2v) is 5.46. The fraction of sp³-hybridized carbons (Fsp3) is 0.0769. The SMILES string of the molecule is O=C(Cc1ccc(Cl)cc1Cl)c1ccc(Br)cn1. The molecule has 0 aliphatic carbocycles. The number of hydrogen-bond donors (Lipinski definition) is 0. The van der Waals surface area contributed by atoms with Crippen LogP contribution in [0.25, 0.3) is 0 Å². The van der Waals surface area contributed by atoms with Crippen LogP contribution in [0.15, 0.2) is 41.0 Å². The van der Waals surface area contributed by atoms with Gasteiger partial charge < -0.3 is 0 Å². The molecule has 2 aromatic rings. The Labute approximate surface area is 123 Å². The molecule has 0 unspecified atom stereocenters. The van der Waals surface area contributed by atoms with E-state index in [0.29, 0.717) is 15.7 Å². The molecule has 1 aromatic carbocycles. The van der Waals surface area contributed by atoms with E-state index < -0.39 is 0 Å². The van der Waals surface area contributed by atoms with Crippen molar-refractivity contribution < 1.29 is 4.79 Å². The fourth-order valence-corrected chi connectivity index (χ4v) is 2.18. The molecule has 5 heteroatoms. The Balaban J connectivity index is 2.18. The molecule has 0 radical (unpaired) electrons. The molecule has 18 heavy (non-hydrogen) atoms. The van der Waals surface area contributed by atoms with Gasteiger partial charge >= 0.3 is 0 Å². The number of Topliss-reactive ketones (excluding diaryl/α,β-unsaturated/α-hetero) is 1. The first-order valence-corrected chi connectivity index (χ1v) is 6.70. The van der Waals surface area contributed by atoms with E-state index in [1.165, 1.54) is 0 Å². The molecule has 0 fully saturated rings. The number of nitrogens with zero attached hydrogens (tertiary/aromatic N) is 1. The normalized spacial score (nSPS) is 10.4. The predicted octanol–water partition coefficient (Wildman–Crippen LogP) is 4.58. The van der Waals surface area contributed by atoms with Gasteiger partial charge in [-0.1, -0.05) is 29.3 Å². The first-order chi connectivity index (χ1) is 8.56. The van der Waals surface area contributed by atoms with Crippen LogP contribution in [0.2, 0.25) is 10.0 Å². The zero-order valence-corrected chi connectivity index (χ0v) is 12.3. The Morgan fingerprint density at radius 3 is 2.61 bits per heavy atom. The summed E-state index contributed by atoms with van der Waals surface area (Å²) in [7, 11) is 0. The number of halogens is 3. The quantitative estimate of drug-likeness (QED) is 0.763. The van der Waals surface area contributed by atoms with Crippen LogP contribution in [0.5, 0.6) is 0 Å². The number of aromatic nitrogens is 1. The summed E-state index contributed by atoms with van der Waals surface area (Å²) in [4.78, 5) is 16.0. The van der Waals surface area contributed by atoms with E-state index >= 15 is 0 Å². The zero-order chi connectivity index (χ0) is 13.1. The number of carbonyl (C=O) groups is 1. The van der Waals surface area contributed by atoms with Crippen LogP contribution in [0.1, 0.15) is 16.1 Å². The standard InChI is InChI=1S/C13H8BrCl2NO/c14-9-2-4-12(17-7-9)13(18)5-8-1-3-10(15)6-11(8)16/h1-4,6-7H,5H2. The highest BCUT2D eigenvalue weighted by atomic mass is 79.9. The van der Waals surface area contributed by atoms with Gasteiger partial charge in [0.15, 0.2) is 5.78 Å². The van der Waals surface area contributed by atoms with Gasteiger partial charge in [0.1, 0.15) is 5.69 Å². The van der Waals surface area contributed by atoms with Gasteiger partial charge in [0.25, 0.3) is 0 Å². The first-order valence-electron chi connectivity index (χ1n) is 5.15. The van der Waals surface area contributed by atoms with Crippen LogP contribution in [0.4, 0.5) is 0 Å². The van der Waals surface area contributed by atoms with Crippen molar-refractivity contribution in [1.82, 2.24) is 4.98 Å². The Morgan fingerprint density at radius 1 is 1.22 bits per heavy atom. The van der Waals surface area contributed by atoms with Crippen molar-refractivity contribution in [3.05, 3.63) is 62.3 Å². The van der Waals surface area contributed by atoms with Gasteiger partial charge in [-0.3, -0.25) is 9.78 Å². The maximum Gasteiger partial charge on any atom is 0.185 e. The average molecular weight is 345 g/mol. The fourth-order valence-electron chi connectivity index (χ4n) is 1.47. The summed E-state index contributed by atoms with van der Waals surface area (Å²) in [6.07, 6.45) is 1.81. The number of benzene rings is 1. The molecule has 1 aromatic heterocycles. The van der Waals surface area contributed by atoms with Crippen LogP contribution in [0.3, 0.4) is 0 Å². The number of pyridine rings is 1. The minimum Gasteiger partial charge on any atom is -0.292 e. The van der Waals surface area contributed by atoms with Gasteiger partial charge in [-0.2, -0.15) is 0 Å². The minimum absolute atomic E-state index is 0.0771. The summed E-state index contributed by atoms with van der Waals surface area (Å²) in [5.41, 5.74) is 1.17. The first kappa shape index (κ1) is 13.5. The van der Waals surface area contributed by atoms with E-state index in [-0.39, 0.29) is 12.2 Å². The van der Waals surface area contributed by atoms with Gasteiger partial charge in [0, 0.05) is 27.1 Å². The molecule has 0 atom stereocenters. The van der Waals surface area contributed by atoms with Gasteiger partial charge in [-0.25, -0.2) is 0 Å². The number of hydrogen-bond acceptors (Lipinski definition) is 2. The monoisotopic (exact) mass is 343 g/mol. The molecule has 0 saturated carbocycles. The van der Waals surface area contributed by atoms with Crippen LogP contribution < -0.4 is 0 Å². The average Bonchev–Trinajstić information content (AvgIpc) is 2.33. The van der Waals surface area contributed by atoms with Crippen molar-refractivity contribution in [2.45, 2.75) is 6.42 Å². The molecule has 0 bridgehead atoms. The van der Waals surface area contributed by atoms with E-state index in [2.05, 4.69) is 20.9 Å². The molecule has 0 aliphatic heterocycles. The van der Waals surface area contributed by atoms with Crippen molar-refractivity contribution in [2.24, 2.45) is 0 Å². The molecule has 0 aliphatic rings. The summed E-state index contributed by atoms with van der Waals surface area (Å²) in [6, 6.07) is 8.55. The predicted molar refractivity (Wildman–Crippen MR) is 76.4 cm³/mol. The summed E-state index contributed by atoms with van der Waals surface area (Å²) < 4.78 is 0.837. The molecule has 0 saturated heterocycles. The van der Waals surface area contributed by atoms with Crippen LogP contribution in [0, 0.1) is 0 Å². The van der Waals surface area contributed by atoms with Crippen LogP contribution >= 0.6 is 39.1 Å². The van der Waals surface area contributed by atoms with Crippen molar-refractivity contribution in [1.29, 1.82) is 0 Å². The van der Waals surface area contributed by atoms with Crippen LogP contribution in [-0.4, -0.2) is 10.8 Å². The van der Waals surface area contributed by atoms with E-state index in [1.807, 2.05) is 0 Å². The van der Waals surface area contributed by atoms with Crippen molar-refractivity contribution in [3.8, 4) is 0 Å². The summed E-state index contributed by atoms with van der Waals surface area (Å²) in [5.74, 6) is -0.0771. The molecule has 1 heterocycles. The lowest BCUT2D eigenvalue weighted by molar-refractivity contribution is 0.0988. The van der Waals surface area contributed by atoms with Crippen molar-refractivity contribution in [3.63, 3.8) is 0 Å². The van der Waals surface area contributed by atoms with Gasteiger partial charge in [0.2, 0.25) is 0 Å². The van der Waals surface area contributed by atoms with Crippen LogP contribution in [-0.2, 0) is 6.42 Å². The van der Waals surface area contributed by atoms with Gasteiger partial charge in [0.05, 0.1) is 0 Å². The Hall–Kier alpha value is -0.900. The molecule has 0 N–H and O–H groups in total. The summed E-state index contributed by atoms with van der Waals surface area (Å²) >= 11 is 15.1. The number of carbonyl (C=O) groups excluding carboxylic acids is 1. The zero-order valence-electron chi connectivity index (χ0n) is 9.16. The Morgan fingerprint density at radius 2 is 2.00 bits per heavy atom. The maximum absolute atomic E-state index is 12.0. The lowest BCUT2D eigenvalue weighted by Gasteiger charge is -2.04. The smallest absolute Gasteiger partial charge is 0.185 e. The molecule has 0 spiro atoms. The van der Waals surface area contributed by atoms with Crippen molar-refractivity contribution >= 4 is 44.9 Å². The van der Waals surface area contributed by atoms with E-state index in [0.717, 1.165) is 10.0 Å². The Bertz CT molecular complexity index is 584. The maximum atomic E-state index is 12.0. The molecule has 2 nitrogen and oxygen atoms in total.